The van der Waals surface area contributed by atoms with E-state index in [1.54, 1.807) is 36.4 Å². The molecule has 9 heteroatoms. The molecule has 0 bridgehead atoms. The number of aliphatic hydroxyl groups is 2. The van der Waals surface area contributed by atoms with Crippen molar-refractivity contribution in [1.29, 1.82) is 0 Å². The van der Waals surface area contributed by atoms with E-state index >= 15 is 0 Å². The Kier molecular flexibility index (Phi) is 10.1. The van der Waals surface area contributed by atoms with Gasteiger partial charge in [-0.3, -0.25) is 9.59 Å². The fourth-order valence-corrected chi connectivity index (χ4v) is 4.54. The molecule has 188 valence electrons. The van der Waals surface area contributed by atoms with E-state index in [0.29, 0.717) is 23.3 Å². The lowest BCUT2D eigenvalue weighted by molar-refractivity contribution is -0.139. The van der Waals surface area contributed by atoms with Crippen LogP contribution in [0.1, 0.15) is 31.7 Å². The van der Waals surface area contributed by atoms with E-state index in [2.05, 4.69) is 27.9 Å². The zero-order valence-corrected chi connectivity index (χ0v) is 21.7. The van der Waals surface area contributed by atoms with Crippen molar-refractivity contribution >= 4 is 34.4 Å². The zero-order valence-electron chi connectivity index (χ0n) is 19.5. The second-order valence-corrected chi connectivity index (χ2v) is 9.47. The number of hydrogen-bond donors (Lipinski definition) is 3. The van der Waals surface area contributed by atoms with Crippen molar-refractivity contribution in [2.45, 2.75) is 51.0 Å². The Labute approximate surface area is 218 Å². The fraction of sp³-hybridized carbons (Fsp3) is 0.385. The van der Waals surface area contributed by atoms with Crippen molar-refractivity contribution in [1.82, 2.24) is 10.2 Å². The topological polar surface area (TPSA) is 99.1 Å². The highest BCUT2D eigenvalue weighted by molar-refractivity contribution is 14.1. The molecule has 0 saturated carbocycles. The van der Waals surface area contributed by atoms with E-state index in [4.69, 9.17) is 9.84 Å². The molecule has 2 amide bonds. The number of ether oxygens (including phenoxy) is 1. The van der Waals surface area contributed by atoms with Crippen molar-refractivity contribution in [3.8, 4) is 5.75 Å². The molecule has 2 aromatic rings. The maximum Gasteiger partial charge on any atom is 0.247 e. The summed E-state index contributed by atoms with van der Waals surface area (Å²) in [5.74, 6) is -0.578. The van der Waals surface area contributed by atoms with E-state index in [1.165, 1.54) is 11.0 Å². The molecule has 35 heavy (non-hydrogen) atoms. The third-order valence-electron chi connectivity index (χ3n) is 5.80. The average Bonchev–Trinajstić information content (AvgIpc) is 2.85. The van der Waals surface area contributed by atoms with E-state index in [9.17, 15) is 19.1 Å². The van der Waals surface area contributed by atoms with Gasteiger partial charge in [-0.25, -0.2) is 4.39 Å². The highest BCUT2D eigenvalue weighted by Crippen LogP contribution is 2.31. The van der Waals surface area contributed by atoms with Gasteiger partial charge in [0.15, 0.2) is 0 Å². The number of nitrogens with zero attached hydrogens (tertiary/aromatic N) is 1. The Morgan fingerprint density at radius 3 is 2.60 bits per heavy atom. The van der Waals surface area contributed by atoms with Gasteiger partial charge in [0.25, 0.3) is 0 Å². The first-order valence-electron chi connectivity index (χ1n) is 11.6. The van der Waals surface area contributed by atoms with E-state index in [1.807, 2.05) is 19.1 Å². The van der Waals surface area contributed by atoms with Gasteiger partial charge in [-0.1, -0.05) is 37.3 Å². The van der Waals surface area contributed by atoms with Crippen LogP contribution in [-0.4, -0.2) is 58.3 Å². The Balaban J connectivity index is 1.98. The molecule has 3 N–H and O–H groups in total. The minimum absolute atomic E-state index is 0.0473. The number of benzene rings is 2. The summed E-state index contributed by atoms with van der Waals surface area (Å²) in [6, 6.07) is 12.6. The monoisotopic (exact) mass is 596 g/mol. The molecular formula is C26H30FIN2O5. The van der Waals surface area contributed by atoms with Crippen LogP contribution in [0.25, 0.3) is 0 Å². The smallest absolute Gasteiger partial charge is 0.247 e. The van der Waals surface area contributed by atoms with Crippen LogP contribution in [0.4, 0.5) is 4.39 Å². The number of nitrogens with one attached hydrogen (secondary N) is 1. The fourth-order valence-electron chi connectivity index (χ4n) is 4.02. The normalized spacial score (nSPS) is 19.6. The Bertz CT molecular complexity index is 1060. The van der Waals surface area contributed by atoms with Crippen LogP contribution in [0.2, 0.25) is 0 Å². The predicted octanol–water partition coefficient (Wildman–Crippen LogP) is 3.17. The quantitative estimate of drug-likeness (QED) is 0.366. The molecule has 0 heterocycles. The molecule has 3 atom stereocenters. The third kappa shape index (κ3) is 7.02. The summed E-state index contributed by atoms with van der Waals surface area (Å²) in [7, 11) is 0. The first-order chi connectivity index (χ1) is 16.8. The van der Waals surface area contributed by atoms with Gasteiger partial charge in [0.1, 0.15) is 23.8 Å². The van der Waals surface area contributed by atoms with Crippen molar-refractivity contribution in [2.75, 3.05) is 13.2 Å². The van der Waals surface area contributed by atoms with Crippen LogP contribution in [0.3, 0.4) is 0 Å². The van der Waals surface area contributed by atoms with E-state index in [0.717, 1.165) is 3.57 Å². The van der Waals surface area contributed by atoms with Gasteiger partial charge in [0.05, 0.1) is 16.2 Å². The van der Waals surface area contributed by atoms with E-state index < -0.39 is 30.0 Å². The zero-order chi connectivity index (χ0) is 25.4. The summed E-state index contributed by atoms with van der Waals surface area (Å²) in [4.78, 5) is 27.4. The summed E-state index contributed by atoms with van der Waals surface area (Å²) in [6.45, 7) is 1.67. The molecule has 0 saturated heterocycles. The maximum absolute atomic E-state index is 14.5. The molecule has 3 unspecified atom stereocenters. The van der Waals surface area contributed by atoms with Crippen molar-refractivity contribution in [3.05, 3.63) is 75.1 Å². The van der Waals surface area contributed by atoms with Crippen molar-refractivity contribution in [3.63, 3.8) is 0 Å². The summed E-state index contributed by atoms with van der Waals surface area (Å²) in [5, 5.41) is 23.1. The van der Waals surface area contributed by atoms with Gasteiger partial charge >= 0.3 is 0 Å². The lowest BCUT2D eigenvalue weighted by Gasteiger charge is -2.40. The molecule has 0 aliphatic heterocycles. The lowest BCUT2D eigenvalue weighted by atomic mass is 9.87. The Morgan fingerprint density at radius 2 is 1.91 bits per heavy atom. The first-order valence-corrected chi connectivity index (χ1v) is 12.7. The summed E-state index contributed by atoms with van der Waals surface area (Å²) < 4.78 is 21.4. The maximum atomic E-state index is 14.5. The first kappa shape index (κ1) is 27.1. The van der Waals surface area contributed by atoms with E-state index in [-0.39, 0.29) is 38.4 Å². The number of hydrogen-bond acceptors (Lipinski definition) is 5. The van der Waals surface area contributed by atoms with Gasteiger partial charge < -0.3 is 25.2 Å². The Morgan fingerprint density at radius 1 is 1.20 bits per heavy atom. The minimum atomic E-state index is -1.16. The molecule has 0 radical (unpaired) electrons. The minimum Gasteiger partial charge on any atom is -0.482 e. The van der Waals surface area contributed by atoms with Gasteiger partial charge in [-0.15, -0.1) is 0 Å². The van der Waals surface area contributed by atoms with Gasteiger partial charge in [-0.05, 0) is 53.3 Å². The summed E-state index contributed by atoms with van der Waals surface area (Å²) in [6.07, 6.45) is 0.341. The number of para-hydroxylation sites is 1. The molecule has 1 aliphatic carbocycles. The highest BCUT2D eigenvalue weighted by atomic mass is 127. The molecule has 2 aromatic carbocycles. The number of rotatable bonds is 10. The molecule has 0 aromatic heterocycles. The number of amides is 2. The van der Waals surface area contributed by atoms with Crippen LogP contribution >= 0.6 is 22.6 Å². The number of carbonyl (C=O) groups excluding carboxylic acids is 2. The lowest BCUT2D eigenvalue weighted by Crippen LogP contribution is -2.54. The second-order valence-electron chi connectivity index (χ2n) is 8.31. The van der Waals surface area contributed by atoms with Crippen molar-refractivity contribution < 1.29 is 28.9 Å². The Hall–Kier alpha value is -2.50. The number of carbonyl (C=O) groups is 2. The number of halogens is 2. The molecule has 3 rings (SSSR count). The largest absolute Gasteiger partial charge is 0.482 e. The van der Waals surface area contributed by atoms with Gasteiger partial charge in [0.2, 0.25) is 11.8 Å². The van der Waals surface area contributed by atoms with Crippen LogP contribution in [0.15, 0.2) is 60.2 Å². The SMILES string of the molecule is CCCC(=O)N(Cc1ccccc1F)C1CC(C(=O)NCCO)=CC(Oc2ccccc2I)C1O. The molecule has 0 fully saturated rings. The highest BCUT2D eigenvalue weighted by Gasteiger charge is 2.40. The molecule has 0 spiro atoms. The second kappa shape index (κ2) is 13.0. The predicted molar refractivity (Wildman–Crippen MR) is 138 cm³/mol. The number of aliphatic hydroxyl groups excluding tert-OH is 2. The molecular weight excluding hydrogens is 566 g/mol. The van der Waals surface area contributed by atoms with Crippen LogP contribution in [0, 0.1) is 9.39 Å². The standard InChI is InChI=1S/C26H30FIN2O5/c1-2-7-24(32)30(16-17-8-3-4-9-19(17)27)21-14-18(26(34)29-12-13-31)15-23(25(21)33)35-22-11-6-5-10-20(22)28/h3-6,8-11,15,21,23,25,31,33H,2,7,12-14,16H2,1H3,(H,29,34). The van der Waals surface area contributed by atoms with Crippen LogP contribution < -0.4 is 10.1 Å². The van der Waals surface area contributed by atoms with Gasteiger partial charge in [0, 0.05) is 37.1 Å². The molecule has 1 aliphatic rings. The summed E-state index contributed by atoms with van der Waals surface area (Å²) in [5.41, 5.74) is 0.646. The average molecular weight is 596 g/mol. The summed E-state index contributed by atoms with van der Waals surface area (Å²) >= 11 is 2.12. The van der Waals surface area contributed by atoms with Crippen LogP contribution in [0.5, 0.6) is 5.75 Å². The van der Waals surface area contributed by atoms with Gasteiger partial charge in [-0.2, -0.15) is 0 Å². The third-order valence-corrected chi connectivity index (χ3v) is 6.69. The van der Waals surface area contributed by atoms with Crippen LogP contribution in [-0.2, 0) is 16.1 Å². The molecule has 7 nitrogen and oxygen atoms in total. The van der Waals surface area contributed by atoms with Crippen molar-refractivity contribution in [2.24, 2.45) is 0 Å².